The fourth-order valence-corrected chi connectivity index (χ4v) is 4.45. The van der Waals surface area contributed by atoms with E-state index >= 15 is 0 Å². The van der Waals surface area contributed by atoms with Crippen LogP contribution < -0.4 is 5.32 Å². The van der Waals surface area contributed by atoms with Gasteiger partial charge in [-0.1, -0.05) is 19.3 Å². The van der Waals surface area contributed by atoms with Crippen LogP contribution in [0.1, 0.15) is 44.9 Å². The van der Waals surface area contributed by atoms with E-state index in [2.05, 4.69) is 10.2 Å². The van der Waals surface area contributed by atoms with Gasteiger partial charge in [0, 0.05) is 53.2 Å². The van der Waals surface area contributed by atoms with Crippen LogP contribution in [0, 0.1) is 0 Å². The molecule has 3 fully saturated rings. The first-order chi connectivity index (χ1) is 13.8. The lowest BCUT2D eigenvalue weighted by atomic mass is 9.82. The maximum atomic E-state index is 12.8. The van der Waals surface area contributed by atoms with E-state index in [1.165, 1.54) is 4.90 Å². The lowest BCUT2D eigenvalue weighted by Gasteiger charge is -2.30. The van der Waals surface area contributed by atoms with Gasteiger partial charge >= 0.3 is 6.03 Å². The standard InChI is InChI=1S/C20H33N5O4/c1-22(2)17(27)15-23-10-6-11-24(14-13-23)16(26)7-12-25-18(28)20(21-19(25)29)8-4-3-5-9-20/h3-15H2,1-2H3,(H,21,29). The molecule has 0 aromatic heterocycles. The highest BCUT2D eigenvalue weighted by Gasteiger charge is 2.51. The summed E-state index contributed by atoms with van der Waals surface area (Å²) in [5.41, 5.74) is -0.736. The molecule has 9 nitrogen and oxygen atoms in total. The molecular weight excluding hydrogens is 374 g/mol. The number of amides is 5. The predicted octanol–water partition coefficient (Wildman–Crippen LogP) is 0.254. The van der Waals surface area contributed by atoms with Crippen LogP contribution in [0.15, 0.2) is 0 Å². The lowest BCUT2D eigenvalue weighted by Crippen LogP contribution is -2.48. The van der Waals surface area contributed by atoms with E-state index in [1.54, 1.807) is 23.9 Å². The van der Waals surface area contributed by atoms with Gasteiger partial charge < -0.3 is 15.1 Å². The number of urea groups is 1. The number of likely N-dealkylation sites (N-methyl/N-ethyl adjacent to an activating group) is 1. The molecule has 29 heavy (non-hydrogen) atoms. The summed E-state index contributed by atoms with van der Waals surface area (Å²) in [4.78, 5) is 56.4. The Kier molecular flexibility index (Phi) is 6.77. The molecule has 9 heteroatoms. The van der Waals surface area contributed by atoms with Crippen LogP contribution in [0.4, 0.5) is 4.79 Å². The van der Waals surface area contributed by atoms with Crippen molar-refractivity contribution in [2.75, 3.05) is 53.4 Å². The van der Waals surface area contributed by atoms with Crippen LogP contribution in [-0.2, 0) is 14.4 Å². The highest BCUT2D eigenvalue weighted by atomic mass is 16.2. The molecule has 1 aliphatic carbocycles. The van der Waals surface area contributed by atoms with E-state index in [-0.39, 0.29) is 36.7 Å². The number of hydrogen-bond donors (Lipinski definition) is 1. The molecule has 0 aromatic carbocycles. The second kappa shape index (κ2) is 9.11. The van der Waals surface area contributed by atoms with Crippen molar-refractivity contribution < 1.29 is 19.2 Å². The monoisotopic (exact) mass is 407 g/mol. The number of rotatable bonds is 5. The Bertz CT molecular complexity index is 659. The molecule has 0 unspecified atom stereocenters. The Hall–Kier alpha value is -2.16. The molecular formula is C20H33N5O4. The van der Waals surface area contributed by atoms with E-state index in [0.29, 0.717) is 39.0 Å². The second-order valence-electron chi connectivity index (χ2n) is 8.58. The Morgan fingerprint density at radius 3 is 2.41 bits per heavy atom. The van der Waals surface area contributed by atoms with Crippen molar-refractivity contribution in [2.24, 2.45) is 0 Å². The first-order valence-electron chi connectivity index (χ1n) is 10.7. The van der Waals surface area contributed by atoms with Crippen LogP contribution in [-0.4, -0.2) is 102 Å². The van der Waals surface area contributed by atoms with Crippen molar-refractivity contribution in [1.29, 1.82) is 0 Å². The first kappa shape index (κ1) is 21.5. The number of carbonyl (C=O) groups is 4. The Balaban J connectivity index is 1.49. The third kappa shape index (κ3) is 4.88. The molecule has 0 atom stereocenters. The van der Waals surface area contributed by atoms with Crippen molar-refractivity contribution in [2.45, 2.75) is 50.5 Å². The summed E-state index contributed by atoms with van der Waals surface area (Å²) in [6.45, 7) is 3.11. The molecule has 2 heterocycles. The Morgan fingerprint density at radius 1 is 1.00 bits per heavy atom. The van der Waals surface area contributed by atoms with Crippen molar-refractivity contribution in [3.63, 3.8) is 0 Å². The fourth-order valence-electron chi connectivity index (χ4n) is 4.45. The summed E-state index contributed by atoms with van der Waals surface area (Å²) in [7, 11) is 3.48. The zero-order chi connectivity index (χ0) is 21.0. The molecule has 162 valence electrons. The van der Waals surface area contributed by atoms with E-state index in [0.717, 1.165) is 32.2 Å². The van der Waals surface area contributed by atoms with Gasteiger partial charge in [0.15, 0.2) is 0 Å². The molecule has 3 aliphatic rings. The zero-order valence-electron chi connectivity index (χ0n) is 17.6. The molecule has 1 N–H and O–H groups in total. The van der Waals surface area contributed by atoms with Crippen LogP contribution in [0.25, 0.3) is 0 Å². The SMILES string of the molecule is CN(C)C(=O)CN1CCCN(C(=O)CCN2C(=O)NC3(CCCCC3)C2=O)CC1. The number of carbonyl (C=O) groups excluding carboxylic acids is 4. The lowest BCUT2D eigenvalue weighted by molar-refractivity contribution is -0.134. The zero-order valence-corrected chi connectivity index (χ0v) is 17.6. The quantitative estimate of drug-likeness (QED) is 0.660. The molecule has 1 spiro atoms. The van der Waals surface area contributed by atoms with Crippen LogP contribution in [0.5, 0.6) is 0 Å². The van der Waals surface area contributed by atoms with Crippen molar-refractivity contribution >= 4 is 23.8 Å². The summed E-state index contributed by atoms with van der Waals surface area (Å²) in [5.74, 6) is -0.157. The van der Waals surface area contributed by atoms with E-state index in [4.69, 9.17) is 0 Å². The van der Waals surface area contributed by atoms with E-state index in [1.807, 2.05) is 0 Å². The summed E-state index contributed by atoms with van der Waals surface area (Å²) < 4.78 is 0. The number of nitrogens with one attached hydrogen (secondary N) is 1. The topological polar surface area (TPSA) is 93.3 Å². The van der Waals surface area contributed by atoms with Gasteiger partial charge in [0.05, 0.1) is 6.54 Å². The molecule has 5 amide bonds. The summed E-state index contributed by atoms with van der Waals surface area (Å²) in [5, 5.41) is 2.89. The van der Waals surface area contributed by atoms with Crippen molar-refractivity contribution in [3.8, 4) is 0 Å². The van der Waals surface area contributed by atoms with Gasteiger partial charge in [0.2, 0.25) is 11.8 Å². The van der Waals surface area contributed by atoms with Gasteiger partial charge in [-0.2, -0.15) is 0 Å². The summed E-state index contributed by atoms with van der Waals surface area (Å²) in [6, 6.07) is -0.367. The van der Waals surface area contributed by atoms with Crippen LogP contribution in [0.3, 0.4) is 0 Å². The number of hydrogen-bond acceptors (Lipinski definition) is 5. The van der Waals surface area contributed by atoms with Gasteiger partial charge in [-0.05, 0) is 19.3 Å². The highest BCUT2D eigenvalue weighted by Crippen LogP contribution is 2.33. The van der Waals surface area contributed by atoms with E-state index in [9.17, 15) is 19.2 Å². The van der Waals surface area contributed by atoms with Crippen LogP contribution >= 0.6 is 0 Å². The van der Waals surface area contributed by atoms with Crippen LogP contribution in [0.2, 0.25) is 0 Å². The van der Waals surface area contributed by atoms with Gasteiger partial charge in [-0.15, -0.1) is 0 Å². The third-order valence-corrected chi connectivity index (χ3v) is 6.30. The Labute approximate surface area is 172 Å². The maximum absolute atomic E-state index is 12.8. The molecule has 0 bridgehead atoms. The second-order valence-corrected chi connectivity index (χ2v) is 8.58. The number of imide groups is 1. The minimum absolute atomic E-state index is 0.0454. The molecule has 0 radical (unpaired) electrons. The summed E-state index contributed by atoms with van der Waals surface area (Å²) >= 11 is 0. The van der Waals surface area contributed by atoms with Crippen molar-refractivity contribution in [1.82, 2.24) is 24.9 Å². The smallest absolute Gasteiger partial charge is 0.325 e. The first-order valence-corrected chi connectivity index (χ1v) is 10.7. The largest absolute Gasteiger partial charge is 0.348 e. The normalized spacial score (nSPS) is 22.6. The maximum Gasteiger partial charge on any atom is 0.325 e. The predicted molar refractivity (Wildman–Crippen MR) is 107 cm³/mol. The highest BCUT2D eigenvalue weighted by molar-refractivity contribution is 6.07. The van der Waals surface area contributed by atoms with E-state index < -0.39 is 5.54 Å². The molecule has 2 aliphatic heterocycles. The average molecular weight is 408 g/mol. The molecule has 3 rings (SSSR count). The molecule has 1 saturated carbocycles. The van der Waals surface area contributed by atoms with Gasteiger partial charge in [0.1, 0.15) is 5.54 Å². The fraction of sp³-hybridized carbons (Fsp3) is 0.800. The Morgan fingerprint density at radius 2 is 1.72 bits per heavy atom. The summed E-state index contributed by atoms with van der Waals surface area (Å²) in [6.07, 6.45) is 5.31. The molecule has 0 aromatic rings. The van der Waals surface area contributed by atoms with Gasteiger partial charge in [-0.25, -0.2) is 4.79 Å². The van der Waals surface area contributed by atoms with Crippen molar-refractivity contribution in [3.05, 3.63) is 0 Å². The third-order valence-electron chi connectivity index (χ3n) is 6.30. The minimum Gasteiger partial charge on any atom is -0.348 e. The number of nitrogens with zero attached hydrogens (tertiary/aromatic N) is 4. The molecule has 2 saturated heterocycles. The average Bonchev–Trinajstić information content (AvgIpc) is 2.85. The minimum atomic E-state index is -0.736. The van der Waals surface area contributed by atoms with Gasteiger partial charge in [0.25, 0.3) is 5.91 Å². The van der Waals surface area contributed by atoms with Gasteiger partial charge in [-0.3, -0.25) is 24.2 Å².